The Labute approximate surface area is 207 Å². The van der Waals surface area contributed by atoms with E-state index in [1.807, 2.05) is 12.1 Å². The van der Waals surface area contributed by atoms with E-state index in [0.29, 0.717) is 16.9 Å². The molecule has 36 heavy (non-hydrogen) atoms. The summed E-state index contributed by atoms with van der Waals surface area (Å²) in [7, 11) is 0. The zero-order valence-electron chi connectivity index (χ0n) is 20.1. The molecule has 5 rings (SSSR count). The molecule has 1 heterocycles. The first-order valence-electron chi connectivity index (χ1n) is 12.2. The fourth-order valence-electron chi connectivity index (χ4n) is 5.53. The van der Waals surface area contributed by atoms with Gasteiger partial charge in [0.05, 0.1) is 18.1 Å². The summed E-state index contributed by atoms with van der Waals surface area (Å²) in [6.07, 6.45) is 0.897. The fraction of sp³-hybridized carbons (Fsp3) is 0.429. The van der Waals surface area contributed by atoms with Gasteiger partial charge in [0.1, 0.15) is 12.4 Å². The number of aryl methyl sites for hydroxylation is 1. The van der Waals surface area contributed by atoms with Crippen molar-refractivity contribution in [3.8, 4) is 11.8 Å². The second kappa shape index (κ2) is 10.7. The number of halogens is 3. The standard InChI is InChI=1S/C26H26F3NO3.C2H3N/c27-26(28,29)22-11-15(5-8-19(22)16-3-1-2-4-16)14-33-18-7-10-23-21(13-18)20-9-6-17(12-24(31)32)25(20)30-23;1-2-3/h5,7-8,10-11,13,16-17,30H,1-4,6,9,12,14H2,(H,31,32);1H3. The quantitative estimate of drug-likeness (QED) is 0.369. The fourth-order valence-corrected chi connectivity index (χ4v) is 5.53. The number of ether oxygens (including phenoxy) is 1. The van der Waals surface area contributed by atoms with E-state index in [-0.39, 0.29) is 24.9 Å². The summed E-state index contributed by atoms with van der Waals surface area (Å²) in [5.41, 5.74) is 3.36. The average molecular weight is 499 g/mol. The van der Waals surface area contributed by atoms with Crippen molar-refractivity contribution in [1.82, 2.24) is 4.98 Å². The number of aromatic nitrogens is 1. The third-order valence-corrected chi connectivity index (χ3v) is 7.11. The summed E-state index contributed by atoms with van der Waals surface area (Å²) >= 11 is 0. The number of alkyl halides is 3. The smallest absolute Gasteiger partial charge is 0.416 e. The van der Waals surface area contributed by atoms with Crippen molar-refractivity contribution in [1.29, 1.82) is 5.26 Å². The maximum absolute atomic E-state index is 13.7. The monoisotopic (exact) mass is 498 g/mol. The minimum absolute atomic E-state index is 0.0142. The van der Waals surface area contributed by atoms with E-state index in [4.69, 9.17) is 15.1 Å². The van der Waals surface area contributed by atoms with Crippen molar-refractivity contribution in [3.63, 3.8) is 0 Å². The second-order valence-corrected chi connectivity index (χ2v) is 9.47. The van der Waals surface area contributed by atoms with Crippen molar-refractivity contribution < 1.29 is 27.8 Å². The Kier molecular flexibility index (Phi) is 7.58. The highest BCUT2D eigenvalue weighted by molar-refractivity contribution is 5.87. The van der Waals surface area contributed by atoms with Crippen LogP contribution in [-0.4, -0.2) is 16.1 Å². The SMILES string of the molecule is CC#N.O=C(O)CC1CCc2c1[nH]c1ccc(OCc3ccc(C4CCCC4)c(C(F)(F)F)c3)cc21. The number of carboxylic acid groups (broad SMARTS) is 1. The van der Waals surface area contributed by atoms with Gasteiger partial charge in [-0.05, 0) is 72.6 Å². The molecule has 3 aromatic rings. The van der Waals surface area contributed by atoms with Gasteiger partial charge in [-0.2, -0.15) is 18.4 Å². The molecule has 1 saturated carbocycles. The predicted octanol–water partition coefficient (Wildman–Crippen LogP) is 7.46. The van der Waals surface area contributed by atoms with Crippen molar-refractivity contribution in [2.24, 2.45) is 0 Å². The molecule has 0 radical (unpaired) electrons. The first-order chi connectivity index (χ1) is 17.2. The summed E-state index contributed by atoms with van der Waals surface area (Å²) in [6, 6.07) is 11.9. The van der Waals surface area contributed by atoms with Crippen molar-refractivity contribution in [2.45, 2.75) is 76.5 Å². The summed E-state index contributed by atoms with van der Waals surface area (Å²) in [4.78, 5) is 14.5. The Morgan fingerprint density at radius 3 is 2.56 bits per heavy atom. The largest absolute Gasteiger partial charge is 0.489 e. The van der Waals surface area contributed by atoms with Crippen molar-refractivity contribution >= 4 is 16.9 Å². The number of fused-ring (bicyclic) bond motifs is 3. The average Bonchev–Trinajstić information content (AvgIpc) is 3.56. The number of nitrogens with zero attached hydrogens (tertiary/aromatic N) is 1. The number of carboxylic acids is 1. The van der Waals surface area contributed by atoms with Crippen LogP contribution in [0.2, 0.25) is 0 Å². The molecule has 2 aliphatic carbocycles. The van der Waals surface area contributed by atoms with Crippen LogP contribution >= 0.6 is 0 Å². The summed E-state index contributed by atoms with van der Waals surface area (Å²) in [6.45, 7) is 1.48. The van der Waals surface area contributed by atoms with Crippen LogP contribution in [0.4, 0.5) is 13.2 Å². The number of aliphatic carboxylic acids is 1. The number of hydrogen-bond acceptors (Lipinski definition) is 3. The Bertz CT molecular complexity index is 1280. The van der Waals surface area contributed by atoms with Crippen LogP contribution in [0.3, 0.4) is 0 Å². The molecule has 0 amide bonds. The van der Waals surface area contributed by atoms with E-state index >= 15 is 0 Å². The molecular weight excluding hydrogens is 469 g/mol. The number of carbonyl (C=O) groups is 1. The van der Waals surface area contributed by atoms with E-state index in [0.717, 1.165) is 60.7 Å². The number of H-pyrrole nitrogens is 1. The van der Waals surface area contributed by atoms with Gasteiger partial charge in [-0.15, -0.1) is 0 Å². The Hall–Kier alpha value is -3.47. The highest BCUT2D eigenvalue weighted by atomic mass is 19.4. The molecular formula is C28H29F3N2O3. The number of aromatic amines is 1. The molecule has 0 bridgehead atoms. The lowest BCUT2D eigenvalue weighted by Crippen LogP contribution is -2.12. The molecule has 0 spiro atoms. The first kappa shape index (κ1) is 25.6. The minimum atomic E-state index is -4.38. The van der Waals surface area contributed by atoms with Gasteiger partial charge in [0.2, 0.25) is 0 Å². The van der Waals surface area contributed by atoms with Crippen molar-refractivity contribution in [2.75, 3.05) is 0 Å². The van der Waals surface area contributed by atoms with E-state index < -0.39 is 17.7 Å². The third kappa shape index (κ3) is 5.51. The molecule has 0 saturated heterocycles. The molecule has 190 valence electrons. The molecule has 1 unspecified atom stereocenters. The predicted molar refractivity (Wildman–Crippen MR) is 130 cm³/mol. The zero-order chi connectivity index (χ0) is 25.9. The third-order valence-electron chi connectivity index (χ3n) is 7.11. The van der Waals surface area contributed by atoms with Crippen LogP contribution in [0.1, 0.15) is 85.2 Å². The molecule has 1 atom stereocenters. The molecule has 2 N–H and O–H groups in total. The lowest BCUT2D eigenvalue weighted by Gasteiger charge is -2.19. The van der Waals surface area contributed by atoms with E-state index in [1.165, 1.54) is 13.0 Å². The van der Waals surface area contributed by atoms with Gasteiger partial charge in [-0.1, -0.05) is 25.0 Å². The van der Waals surface area contributed by atoms with Crippen LogP contribution < -0.4 is 4.74 Å². The zero-order valence-corrected chi connectivity index (χ0v) is 20.1. The van der Waals surface area contributed by atoms with Gasteiger partial charge < -0.3 is 14.8 Å². The Morgan fingerprint density at radius 2 is 1.89 bits per heavy atom. The molecule has 8 heteroatoms. The van der Waals surface area contributed by atoms with Gasteiger partial charge in [0.15, 0.2) is 0 Å². The second-order valence-electron chi connectivity index (χ2n) is 9.47. The van der Waals surface area contributed by atoms with Crippen LogP contribution in [0.15, 0.2) is 36.4 Å². The number of rotatable bonds is 6. The Balaban J connectivity index is 0.000000967. The number of nitrogens with one attached hydrogen (secondary N) is 1. The molecule has 0 aliphatic heterocycles. The van der Waals surface area contributed by atoms with E-state index in [9.17, 15) is 18.0 Å². The van der Waals surface area contributed by atoms with Gasteiger partial charge in [0.25, 0.3) is 0 Å². The lowest BCUT2D eigenvalue weighted by molar-refractivity contribution is -0.139. The number of benzene rings is 2. The van der Waals surface area contributed by atoms with Gasteiger partial charge in [-0.25, -0.2) is 0 Å². The highest BCUT2D eigenvalue weighted by Gasteiger charge is 2.36. The molecule has 2 aliphatic rings. The highest BCUT2D eigenvalue weighted by Crippen LogP contribution is 2.43. The lowest BCUT2D eigenvalue weighted by atomic mass is 9.91. The first-order valence-corrected chi connectivity index (χ1v) is 12.2. The van der Waals surface area contributed by atoms with Crippen LogP contribution in [0.25, 0.3) is 10.9 Å². The van der Waals surface area contributed by atoms with Crippen LogP contribution in [0, 0.1) is 11.3 Å². The van der Waals surface area contributed by atoms with Crippen molar-refractivity contribution in [3.05, 3.63) is 64.3 Å². The maximum atomic E-state index is 13.7. The van der Waals surface area contributed by atoms with Gasteiger partial charge >= 0.3 is 12.1 Å². The summed E-state index contributed by atoms with van der Waals surface area (Å²) in [5, 5.41) is 17.4. The minimum Gasteiger partial charge on any atom is -0.489 e. The topological polar surface area (TPSA) is 86.1 Å². The van der Waals surface area contributed by atoms with Crippen LogP contribution in [-0.2, 0) is 24.0 Å². The summed E-state index contributed by atoms with van der Waals surface area (Å²) < 4.78 is 47.1. The maximum Gasteiger partial charge on any atom is 0.416 e. The van der Waals surface area contributed by atoms with Gasteiger partial charge in [-0.3, -0.25) is 4.79 Å². The van der Waals surface area contributed by atoms with Gasteiger partial charge in [0, 0.05) is 29.4 Å². The number of hydrogen-bond donors (Lipinski definition) is 2. The number of nitriles is 1. The molecule has 1 aromatic heterocycles. The molecule has 5 nitrogen and oxygen atoms in total. The normalized spacial score (nSPS) is 17.4. The molecule has 2 aromatic carbocycles. The molecule has 1 fully saturated rings. The Morgan fingerprint density at radius 1 is 1.17 bits per heavy atom. The van der Waals surface area contributed by atoms with E-state index in [2.05, 4.69) is 4.98 Å². The van der Waals surface area contributed by atoms with E-state index in [1.54, 1.807) is 24.3 Å². The van der Waals surface area contributed by atoms with Crippen LogP contribution in [0.5, 0.6) is 5.75 Å². The summed E-state index contributed by atoms with van der Waals surface area (Å²) in [5.74, 6) is -0.264.